The van der Waals surface area contributed by atoms with Crippen LogP contribution < -0.4 is 11.5 Å². The van der Waals surface area contributed by atoms with Crippen LogP contribution in [0.5, 0.6) is 0 Å². The van der Waals surface area contributed by atoms with E-state index >= 15 is 0 Å². The summed E-state index contributed by atoms with van der Waals surface area (Å²) in [6, 6.07) is 40.8. The summed E-state index contributed by atoms with van der Waals surface area (Å²) in [5.74, 6) is 0. The fourth-order valence-electron chi connectivity index (χ4n) is 6.05. The van der Waals surface area contributed by atoms with Gasteiger partial charge in [0.15, 0.2) is 0 Å². The third-order valence-corrected chi connectivity index (χ3v) is 23.0. The maximum absolute atomic E-state index is 4.41. The summed E-state index contributed by atoms with van der Waals surface area (Å²) in [6.45, 7) is 6.97. The van der Waals surface area contributed by atoms with Crippen LogP contribution in [0.1, 0.15) is 36.1 Å². The van der Waals surface area contributed by atoms with E-state index in [1.54, 1.807) is 0 Å². The zero-order chi connectivity index (χ0) is 22.4. The first-order chi connectivity index (χ1) is 15.3. The van der Waals surface area contributed by atoms with Crippen LogP contribution >= 0.6 is 24.8 Å². The number of nitrogens with one attached hydrogen (secondary N) is 1. The first-order valence-corrected chi connectivity index (χ1v) is 18.7. The van der Waals surface area contributed by atoms with E-state index in [1.165, 1.54) is 30.0 Å². The van der Waals surface area contributed by atoms with Gasteiger partial charge in [0.25, 0.3) is 0 Å². The van der Waals surface area contributed by atoms with Crippen LogP contribution in [0.15, 0.2) is 109 Å². The van der Waals surface area contributed by atoms with Crippen molar-refractivity contribution in [2.24, 2.45) is 0 Å². The molecule has 176 valence electrons. The summed E-state index contributed by atoms with van der Waals surface area (Å²) in [5, 5.41) is 0. The second kappa shape index (κ2) is 9.78. The number of halogens is 2. The summed E-state index contributed by atoms with van der Waals surface area (Å²) in [4.78, 5) is 0. The van der Waals surface area contributed by atoms with Gasteiger partial charge in [-0.15, -0.1) is 24.8 Å². The third-order valence-electron chi connectivity index (χ3n) is 7.00. The molecule has 0 bridgehead atoms. The minimum atomic E-state index is -3.98. The topological polar surface area (TPSA) is 12.0 Å². The van der Waals surface area contributed by atoms with Crippen molar-refractivity contribution in [3.05, 3.63) is 120 Å². The first-order valence-electron chi connectivity index (χ1n) is 11.4. The van der Waals surface area contributed by atoms with Crippen LogP contribution in [0.2, 0.25) is 0 Å². The van der Waals surface area contributed by atoms with Crippen molar-refractivity contribution in [3.63, 3.8) is 0 Å². The zero-order valence-corrected chi connectivity index (χ0v) is 24.6. The molecule has 0 fully saturated rings. The number of fused-ring (bicyclic) bond motifs is 3. The van der Waals surface area contributed by atoms with E-state index in [0.717, 1.165) is 0 Å². The minimum absolute atomic E-state index is 0. The van der Waals surface area contributed by atoms with E-state index in [4.69, 9.17) is 0 Å². The van der Waals surface area contributed by atoms with Crippen LogP contribution in [0.25, 0.3) is 11.1 Å². The summed E-state index contributed by atoms with van der Waals surface area (Å²) in [6.07, 6.45) is 0. The molecule has 1 nitrogen and oxygen atoms in total. The number of rotatable bonds is 4. The minimum Gasteiger partial charge on any atom is -0.147 e. The van der Waals surface area contributed by atoms with Crippen molar-refractivity contribution in [1.29, 1.82) is 0 Å². The van der Waals surface area contributed by atoms with Gasteiger partial charge in [-0.05, 0) is 0 Å². The second-order valence-electron chi connectivity index (χ2n) is 10.3. The van der Waals surface area contributed by atoms with E-state index in [1.807, 2.05) is 0 Å². The molecule has 0 unspecified atom stereocenters. The third kappa shape index (κ3) is 4.15. The average molecular weight is 542 g/mol. The SMILES string of the molecule is CC(C)(C)[NH][Ti](=[SiH2])([c]1ccccc1)([c]1ccccc1)[CH]1c2ccccc2-c2ccccc21.Cl.Cl. The Morgan fingerprint density at radius 2 is 0.941 bits per heavy atom. The van der Waals surface area contributed by atoms with Gasteiger partial charge in [-0.3, -0.25) is 0 Å². The van der Waals surface area contributed by atoms with Gasteiger partial charge in [0, 0.05) is 0 Å². The molecule has 0 amide bonds. The average Bonchev–Trinajstić information content (AvgIpc) is 3.15. The van der Waals surface area contributed by atoms with Crippen molar-refractivity contribution >= 4 is 40.2 Å². The molecule has 0 spiro atoms. The zero-order valence-electron chi connectivity index (χ0n) is 20.0. The molecule has 0 atom stereocenters. The predicted octanol–water partition coefficient (Wildman–Crippen LogP) is 5.79. The Morgan fingerprint density at radius 1 is 0.588 bits per heavy atom. The number of benzene rings is 4. The number of hydrogen-bond acceptors (Lipinski definition) is 1. The largest absolute Gasteiger partial charge is 0.147 e. The summed E-state index contributed by atoms with van der Waals surface area (Å²) in [7, 11) is 2.30. The van der Waals surface area contributed by atoms with Crippen molar-refractivity contribution in [2.45, 2.75) is 30.5 Å². The second-order valence-corrected chi connectivity index (χ2v) is 24.2. The molecular formula is C29H33Cl2NSiTi. The van der Waals surface area contributed by atoms with Crippen LogP contribution in [-0.4, -0.2) is 13.2 Å². The van der Waals surface area contributed by atoms with Crippen molar-refractivity contribution in [3.8, 4) is 11.1 Å². The van der Waals surface area contributed by atoms with Crippen LogP contribution in [0.4, 0.5) is 0 Å². The normalized spacial score (nSPS) is 13.3. The molecule has 1 N–H and O–H groups in total. The van der Waals surface area contributed by atoms with Crippen molar-refractivity contribution in [2.75, 3.05) is 0 Å². The molecule has 0 aromatic heterocycles. The molecular weight excluding hydrogens is 509 g/mol. The smallest absolute Gasteiger partial charge is 0.147 e. The fourth-order valence-corrected chi connectivity index (χ4v) is 22.8. The van der Waals surface area contributed by atoms with E-state index in [2.05, 4.69) is 141 Å². The van der Waals surface area contributed by atoms with E-state index in [-0.39, 0.29) is 30.4 Å². The Morgan fingerprint density at radius 3 is 1.32 bits per heavy atom. The quantitative estimate of drug-likeness (QED) is 0.322. The molecule has 0 aliphatic heterocycles. The summed E-state index contributed by atoms with van der Waals surface area (Å²) < 4.78 is 7.66. The van der Waals surface area contributed by atoms with Crippen LogP contribution in [-0.2, 0) is 14.3 Å². The molecule has 5 rings (SSSR count). The first kappa shape index (κ1) is 26.9. The maximum Gasteiger partial charge on any atom is -0.147 e. The Labute approximate surface area is 219 Å². The molecule has 5 heteroatoms. The molecule has 4 aromatic carbocycles. The Kier molecular flexibility index (Phi) is 7.75. The van der Waals surface area contributed by atoms with Crippen molar-refractivity contribution < 1.29 is 14.3 Å². The van der Waals surface area contributed by atoms with E-state index in [0.29, 0.717) is 4.22 Å². The van der Waals surface area contributed by atoms with Crippen LogP contribution in [0.3, 0.4) is 0 Å². The molecule has 4 aromatic rings. The standard InChI is InChI=1S/C13H9.2C6H5.C4H10N.2ClH.H2Si.Ti/c1-3-7-12-10(5-1)9-11-6-2-4-8-13(11)12;2*1-2-4-6-5-3-1;1-4(2,3)5;;;;/h1-9H;2*1-5H;5H,1-3H3;2*1H;1H2;/q;;;-1;;;;+1. The molecule has 0 saturated carbocycles. The van der Waals surface area contributed by atoms with Gasteiger partial charge in [0.05, 0.1) is 0 Å². The van der Waals surface area contributed by atoms with Crippen LogP contribution in [0, 0.1) is 0 Å². The molecule has 34 heavy (non-hydrogen) atoms. The van der Waals surface area contributed by atoms with Gasteiger partial charge < -0.3 is 0 Å². The van der Waals surface area contributed by atoms with Crippen molar-refractivity contribution in [1.82, 2.24) is 3.80 Å². The van der Waals surface area contributed by atoms with Gasteiger partial charge in [-0.25, -0.2) is 0 Å². The van der Waals surface area contributed by atoms with Gasteiger partial charge in [-0.1, -0.05) is 0 Å². The number of hydrogen-bond donors (Lipinski definition) is 1. The Hall–Kier alpha value is -1.65. The molecule has 0 saturated heterocycles. The summed E-state index contributed by atoms with van der Waals surface area (Å²) >= 11 is -3.98. The monoisotopic (exact) mass is 541 g/mol. The van der Waals surface area contributed by atoms with Gasteiger partial charge in [0.1, 0.15) is 0 Å². The van der Waals surface area contributed by atoms with Gasteiger partial charge in [-0.2, -0.15) is 0 Å². The molecule has 0 heterocycles. The predicted molar refractivity (Wildman–Crippen MR) is 152 cm³/mol. The molecule has 0 radical (unpaired) electrons. The Bertz CT molecular complexity index is 1260. The van der Waals surface area contributed by atoms with Gasteiger partial charge in [0.2, 0.25) is 0 Å². The summed E-state index contributed by atoms with van der Waals surface area (Å²) in [5.41, 5.74) is 5.66. The van der Waals surface area contributed by atoms with E-state index in [9.17, 15) is 0 Å². The van der Waals surface area contributed by atoms with E-state index < -0.39 is 14.3 Å². The molecule has 1 aliphatic rings. The van der Waals surface area contributed by atoms with Gasteiger partial charge >= 0.3 is 195 Å². The fraction of sp³-hybridized carbons (Fsp3) is 0.172. The maximum atomic E-state index is 4.41. The Balaban J connectivity index is 0.00000162. The molecule has 1 aliphatic carbocycles.